The molecule has 0 saturated heterocycles. The average molecular weight is 483 g/mol. The minimum Gasteiger partial charge on any atom is -0.481 e. The number of nitrogens with one attached hydrogen (secondary N) is 4. The highest BCUT2D eigenvalue weighted by atomic mass is 16.4. The van der Waals surface area contributed by atoms with Crippen LogP contribution in [0.25, 0.3) is 0 Å². The second-order valence-corrected chi connectivity index (χ2v) is 7.52. The molecule has 0 radical (unpaired) electrons. The second-order valence-electron chi connectivity index (χ2n) is 7.52. The Morgan fingerprint density at radius 1 is 0.971 bits per heavy atom. The lowest BCUT2D eigenvalue weighted by atomic mass is 10.1. The third-order valence-corrected chi connectivity index (χ3v) is 4.66. The number of primary amides is 1. The Bertz CT molecular complexity index is 889. The van der Waals surface area contributed by atoms with Crippen LogP contribution in [0.1, 0.15) is 38.3 Å². The maximum atomic E-state index is 12.8. The van der Waals surface area contributed by atoms with Crippen molar-refractivity contribution >= 4 is 35.6 Å². The SMILES string of the molecule is CC(NC(=O)C(Cc1cnc[nH]1)NC(=O)C(N)CCC(=O)O)C(=O)NC(CCC(N)=O)C(=O)O. The third-order valence-electron chi connectivity index (χ3n) is 4.66. The Balaban J connectivity index is 2.82. The summed E-state index contributed by atoms with van der Waals surface area (Å²) in [5.74, 6) is -5.63. The maximum absolute atomic E-state index is 12.8. The first kappa shape index (κ1) is 28.0. The number of hydrogen-bond donors (Lipinski definition) is 8. The van der Waals surface area contributed by atoms with Crippen LogP contribution in [-0.4, -0.2) is 79.9 Å². The smallest absolute Gasteiger partial charge is 0.326 e. The quantitative estimate of drug-likeness (QED) is 0.125. The number of nitrogens with two attached hydrogens (primary N) is 2. The molecular formula is C19H29N7O8. The van der Waals surface area contributed by atoms with Crippen LogP contribution in [0.3, 0.4) is 0 Å². The van der Waals surface area contributed by atoms with E-state index in [0.29, 0.717) is 5.69 Å². The molecule has 15 nitrogen and oxygen atoms in total. The molecule has 0 aromatic carbocycles. The summed E-state index contributed by atoms with van der Waals surface area (Å²) in [6.07, 6.45) is 1.74. The number of nitrogens with zero attached hydrogens (tertiary/aromatic N) is 1. The van der Waals surface area contributed by atoms with Gasteiger partial charge < -0.3 is 42.6 Å². The summed E-state index contributed by atoms with van der Waals surface area (Å²) in [5, 5.41) is 24.9. The Morgan fingerprint density at radius 3 is 2.15 bits per heavy atom. The second kappa shape index (κ2) is 13.5. The van der Waals surface area contributed by atoms with Crippen molar-refractivity contribution in [3.05, 3.63) is 18.2 Å². The fourth-order valence-corrected chi connectivity index (χ4v) is 2.73. The van der Waals surface area contributed by atoms with Gasteiger partial charge >= 0.3 is 11.9 Å². The molecular weight excluding hydrogens is 454 g/mol. The summed E-state index contributed by atoms with van der Waals surface area (Å²) in [6, 6.07) is -4.99. The molecule has 4 unspecified atom stereocenters. The van der Waals surface area contributed by atoms with Crippen LogP contribution in [0.15, 0.2) is 12.5 Å². The zero-order valence-corrected chi connectivity index (χ0v) is 18.4. The molecule has 1 aromatic heterocycles. The lowest BCUT2D eigenvalue weighted by Crippen LogP contribution is -2.57. The van der Waals surface area contributed by atoms with Gasteiger partial charge in [-0.05, 0) is 19.8 Å². The molecule has 4 amide bonds. The monoisotopic (exact) mass is 483 g/mol. The highest BCUT2D eigenvalue weighted by molar-refractivity contribution is 5.94. The normalized spacial score (nSPS) is 14.2. The molecule has 0 aliphatic rings. The first-order chi connectivity index (χ1) is 15.9. The van der Waals surface area contributed by atoms with Crippen LogP contribution in [0.5, 0.6) is 0 Å². The van der Waals surface area contributed by atoms with Gasteiger partial charge in [-0.15, -0.1) is 0 Å². The van der Waals surface area contributed by atoms with Crippen LogP contribution < -0.4 is 27.4 Å². The standard InChI is InChI=1S/C19H29N7O8/c1-9(16(30)25-12(19(33)34)3-4-14(21)27)24-18(32)13(6-10-7-22-8-23-10)26-17(31)11(20)2-5-15(28)29/h7-9,11-13H,2-6,20H2,1H3,(H2,21,27)(H,22,23)(H,24,32)(H,25,30)(H,26,31)(H,28,29)(H,33,34). The van der Waals surface area contributed by atoms with E-state index in [1.807, 2.05) is 0 Å². The molecule has 15 heteroatoms. The number of amides is 4. The molecule has 34 heavy (non-hydrogen) atoms. The number of carbonyl (C=O) groups excluding carboxylic acids is 4. The number of hydrogen-bond acceptors (Lipinski definition) is 8. The Hall–Kier alpha value is -4.01. The van der Waals surface area contributed by atoms with E-state index in [-0.39, 0.29) is 32.1 Å². The Morgan fingerprint density at radius 2 is 1.62 bits per heavy atom. The van der Waals surface area contributed by atoms with Gasteiger partial charge in [-0.3, -0.25) is 24.0 Å². The molecule has 188 valence electrons. The summed E-state index contributed by atoms with van der Waals surface area (Å²) >= 11 is 0. The lowest BCUT2D eigenvalue weighted by Gasteiger charge is -2.23. The predicted octanol–water partition coefficient (Wildman–Crippen LogP) is -3.03. The van der Waals surface area contributed by atoms with Gasteiger partial charge in [-0.2, -0.15) is 0 Å². The van der Waals surface area contributed by atoms with Gasteiger partial charge in [0.15, 0.2) is 0 Å². The summed E-state index contributed by atoms with van der Waals surface area (Å²) < 4.78 is 0. The topological polar surface area (TPSA) is 260 Å². The summed E-state index contributed by atoms with van der Waals surface area (Å²) in [7, 11) is 0. The zero-order valence-electron chi connectivity index (χ0n) is 18.4. The van der Waals surface area contributed by atoms with Crippen LogP contribution >= 0.6 is 0 Å². The van der Waals surface area contributed by atoms with E-state index >= 15 is 0 Å². The molecule has 0 spiro atoms. The van der Waals surface area contributed by atoms with Crippen LogP contribution in [0.2, 0.25) is 0 Å². The summed E-state index contributed by atoms with van der Waals surface area (Å²) in [4.78, 5) is 77.0. The van der Waals surface area contributed by atoms with Gasteiger partial charge in [0.1, 0.15) is 18.1 Å². The largest absolute Gasteiger partial charge is 0.481 e. The Kier molecular flexibility index (Phi) is 11.1. The number of rotatable bonds is 15. The molecule has 4 atom stereocenters. The molecule has 0 bridgehead atoms. The van der Waals surface area contributed by atoms with Gasteiger partial charge in [-0.1, -0.05) is 0 Å². The van der Waals surface area contributed by atoms with Crippen molar-refractivity contribution in [2.24, 2.45) is 11.5 Å². The van der Waals surface area contributed by atoms with Crippen molar-refractivity contribution < 1.29 is 39.0 Å². The van der Waals surface area contributed by atoms with Crippen molar-refractivity contribution in [2.75, 3.05) is 0 Å². The third kappa shape index (κ3) is 10.1. The minimum atomic E-state index is -1.40. The lowest BCUT2D eigenvalue weighted by molar-refractivity contribution is -0.142. The van der Waals surface area contributed by atoms with Crippen molar-refractivity contribution in [3.63, 3.8) is 0 Å². The summed E-state index contributed by atoms with van der Waals surface area (Å²) in [6.45, 7) is 1.30. The van der Waals surface area contributed by atoms with E-state index in [9.17, 15) is 33.9 Å². The van der Waals surface area contributed by atoms with E-state index in [1.54, 1.807) is 0 Å². The van der Waals surface area contributed by atoms with Crippen LogP contribution in [0.4, 0.5) is 0 Å². The van der Waals surface area contributed by atoms with E-state index in [2.05, 4.69) is 25.9 Å². The van der Waals surface area contributed by atoms with E-state index < -0.39 is 59.7 Å². The first-order valence-corrected chi connectivity index (χ1v) is 10.3. The summed E-state index contributed by atoms with van der Waals surface area (Å²) in [5.41, 5.74) is 11.2. The first-order valence-electron chi connectivity index (χ1n) is 10.3. The van der Waals surface area contributed by atoms with E-state index in [0.717, 1.165) is 0 Å². The van der Waals surface area contributed by atoms with Crippen molar-refractivity contribution in [2.45, 2.75) is 63.2 Å². The molecule has 0 saturated carbocycles. The number of carbonyl (C=O) groups is 6. The van der Waals surface area contributed by atoms with E-state index in [4.69, 9.17) is 16.6 Å². The fourth-order valence-electron chi connectivity index (χ4n) is 2.73. The van der Waals surface area contributed by atoms with Crippen LogP contribution in [0, 0.1) is 0 Å². The predicted molar refractivity (Wildman–Crippen MR) is 115 cm³/mol. The number of aliphatic carboxylic acids is 2. The molecule has 0 aliphatic carbocycles. The molecule has 10 N–H and O–H groups in total. The Labute approximate surface area is 194 Å². The zero-order chi connectivity index (χ0) is 25.8. The molecule has 1 heterocycles. The highest BCUT2D eigenvalue weighted by Gasteiger charge is 2.29. The van der Waals surface area contributed by atoms with Gasteiger partial charge in [0.2, 0.25) is 23.6 Å². The minimum absolute atomic E-state index is 0.0477. The maximum Gasteiger partial charge on any atom is 0.326 e. The number of imidazole rings is 1. The number of aromatic nitrogens is 2. The molecule has 1 aromatic rings. The van der Waals surface area contributed by atoms with Gasteiger partial charge in [-0.25, -0.2) is 9.78 Å². The van der Waals surface area contributed by atoms with Crippen molar-refractivity contribution in [1.82, 2.24) is 25.9 Å². The average Bonchev–Trinajstić information content (AvgIpc) is 3.26. The highest BCUT2D eigenvalue weighted by Crippen LogP contribution is 2.03. The molecule has 1 rings (SSSR count). The number of H-pyrrole nitrogens is 1. The number of carboxylic acids is 2. The fraction of sp³-hybridized carbons (Fsp3) is 0.526. The van der Waals surface area contributed by atoms with Gasteiger partial charge in [0.25, 0.3) is 0 Å². The van der Waals surface area contributed by atoms with Gasteiger partial charge in [0, 0.05) is 31.2 Å². The molecule has 0 aliphatic heterocycles. The molecule has 0 fully saturated rings. The van der Waals surface area contributed by atoms with Crippen molar-refractivity contribution in [1.29, 1.82) is 0 Å². The van der Waals surface area contributed by atoms with E-state index in [1.165, 1.54) is 19.4 Å². The number of aromatic amines is 1. The van der Waals surface area contributed by atoms with Gasteiger partial charge in [0.05, 0.1) is 12.4 Å². The van der Waals surface area contributed by atoms with Crippen molar-refractivity contribution in [3.8, 4) is 0 Å². The van der Waals surface area contributed by atoms with Crippen LogP contribution in [-0.2, 0) is 35.2 Å². The number of carboxylic acid groups (broad SMARTS) is 2.